The molecule has 7 heteroatoms. The summed E-state index contributed by atoms with van der Waals surface area (Å²) in [6, 6.07) is 13.5. The standard InChI is InChI=1S/C21H23N5O2/c1-13(2)16-8-10-17(11-9-16)24-20-19(26(27)28)21(23-12-22-20)25-18-7-5-6-14(3)15(18)4/h5-13H,1-4H3,(H2,22,23,24,25). The van der Waals surface area contributed by atoms with E-state index >= 15 is 0 Å². The molecule has 7 nitrogen and oxygen atoms in total. The van der Waals surface area contributed by atoms with E-state index in [4.69, 9.17) is 0 Å². The van der Waals surface area contributed by atoms with Gasteiger partial charge in [0.15, 0.2) is 0 Å². The fraction of sp³-hybridized carbons (Fsp3) is 0.238. The maximum atomic E-state index is 11.8. The fourth-order valence-corrected chi connectivity index (χ4v) is 2.84. The quantitative estimate of drug-likeness (QED) is 0.428. The number of benzene rings is 2. The van der Waals surface area contributed by atoms with Crippen molar-refractivity contribution in [3.63, 3.8) is 0 Å². The molecule has 2 N–H and O–H groups in total. The average molecular weight is 377 g/mol. The van der Waals surface area contributed by atoms with Crippen molar-refractivity contribution in [2.45, 2.75) is 33.6 Å². The van der Waals surface area contributed by atoms with E-state index in [-0.39, 0.29) is 17.3 Å². The van der Waals surface area contributed by atoms with Crippen molar-refractivity contribution in [1.29, 1.82) is 0 Å². The van der Waals surface area contributed by atoms with Crippen LogP contribution in [0.1, 0.15) is 36.5 Å². The molecule has 1 heterocycles. The predicted octanol–water partition coefficient (Wildman–Crippen LogP) is 5.61. The van der Waals surface area contributed by atoms with Gasteiger partial charge in [-0.2, -0.15) is 0 Å². The number of rotatable bonds is 6. The van der Waals surface area contributed by atoms with Crippen molar-refractivity contribution in [3.05, 3.63) is 75.6 Å². The zero-order valence-corrected chi connectivity index (χ0v) is 16.4. The highest BCUT2D eigenvalue weighted by molar-refractivity contribution is 5.77. The monoisotopic (exact) mass is 377 g/mol. The van der Waals surface area contributed by atoms with Gasteiger partial charge in [0, 0.05) is 11.4 Å². The molecule has 0 aliphatic heterocycles. The molecule has 0 bridgehead atoms. The molecular weight excluding hydrogens is 354 g/mol. The van der Waals surface area contributed by atoms with Crippen LogP contribution in [0.4, 0.5) is 28.7 Å². The third-order valence-electron chi connectivity index (χ3n) is 4.70. The first-order chi connectivity index (χ1) is 13.4. The van der Waals surface area contributed by atoms with Gasteiger partial charge in [-0.15, -0.1) is 0 Å². The highest BCUT2D eigenvalue weighted by Gasteiger charge is 2.23. The minimum absolute atomic E-state index is 0.144. The van der Waals surface area contributed by atoms with Crippen molar-refractivity contribution in [2.24, 2.45) is 0 Å². The van der Waals surface area contributed by atoms with Crippen LogP contribution in [0.15, 0.2) is 48.8 Å². The largest absolute Gasteiger partial charge is 0.353 e. The van der Waals surface area contributed by atoms with E-state index in [9.17, 15) is 10.1 Å². The van der Waals surface area contributed by atoms with Crippen LogP contribution in [-0.4, -0.2) is 14.9 Å². The van der Waals surface area contributed by atoms with E-state index in [2.05, 4.69) is 34.4 Å². The van der Waals surface area contributed by atoms with Crippen LogP contribution in [0.5, 0.6) is 0 Å². The van der Waals surface area contributed by atoms with Crippen LogP contribution in [0.2, 0.25) is 0 Å². The lowest BCUT2D eigenvalue weighted by Crippen LogP contribution is -2.06. The van der Waals surface area contributed by atoms with Crippen molar-refractivity contribution >= 4 is 28.7 Å². The smallest absolute Gasteiger partial charge is 0.334 e. The van der Waals surface area contributed by atoms with Crippen molar-refractivity contribution in [1.82, 2.24) is 9.97 Å². The number of hydrogen-bond acceptors (Lipinski definition) is 6. The van der Waals surface area contributed by atoms with Crippen LogP contribution < -0.4 is 10.6 Å². The highest BCUT2D eigenvalue weighted by Crippen LogP contribution is 2.34. The first kappa shape index (κ1) is 19.3. The van der Waals surface area contributed by atoms with Crippen LogP contribution in [0.25, 0.3) is 0 Å². The minimum atomic E-state index is -0.474. The third kappa shape index (κ3) is 4.09. The molecule has 0 atom stereocenters. The second kappa shape index (κ2) is 8.04. The zero-order chi connectivity index (χ0) is 20.3. The van der Waals surface area contributed by atoms with Gasteiger partial charge in [0.1, 0.15) is 6.33 Å². The van der Waals surface area contributed by atoms with E-state index in [0.29, 0.717) is 5.92 Å². The number of nitrogens with one attached hydrogen (secondary N) is 2. The Balaban J connectivity index is 1.95. The normalized spacial score (nSPS) is 10.8. The summed E-state index contributed by atoms with van der Waals surface area (Å²) in [6.07, 6.45) is 1.31. The van der Waals surface area contributed by atoms with Gasteiger partial charge < -0.3 is 10.6 Å². The lowest BCUT2D eigenvalue weighted by Gasteiger charge is -2.13. The molecule has 28 heavy (non-hydrogen) atoms. The molecule has 0 fully saturated rings. The summed E-state index contributed by atoms with van der Waals surface area (Å²) in [5.41, 5.74) is 4.59. The lowest BCUT2D eigenvalue weighted by atomic mass is 10.0. The van der Waals surface area contributed by atoms with Crippen LogP contribution in [0.3, 0.4) is 0 Å². The first-order valence-corrected chi connectivity index (χ1v) is 9.06. The molecule has 3 rings (SSSR count). The molecule has 3 aromatic rings. The first-order valence-electron chi connectivity index (χ1n) is 9.06. The Hall–Kier alpha value is -3.48. The predicted molar refractivity (Wildman–Crippen MR) is 112 cm³/mol. The van der Waals surface area contributed by atoms with Crippen molar-refractivity contribution < 1.29 is 4.92 Å². The second-order valence-corrected chi connectivity index (χ2v) is 6.95. The van der Waals surface area contributed by atoms with Crippen LogP contribution in [0, 0.1) is 24.0 Å². The summed E-state index contributed by atoms with van der Waals surface area (Å²) < 4.78 is 0. The van der Waals surface area contributed by atoms with Crippen molar-refractivity contribution in [3.8, 4) is 0 Å². The summed E-state index contributed by atoms with van der Waals surface area (Å²) in [5, 5.41) is 17.9. The van der Waals surface area contributed by atoms with E-state index in [1.54, 1.807) is 0 Å². The van der Waals surface area contributed by atoms with Gasteiger partial charge in [0.25, 0.3) is 0 Å². The molecule has 0 saturated heterocycles. The average Bonchev–Trinajstić information content (AvgIpc) is 2.66. The van der Waals surface area contributed by atoms with Gasteiger partial charge in [0.2, 0.25) is 11.6 Å². The summed E-state index contributed by atoms with van der Waals surface area (Å²) in [4.78, 5) is 19.5. The SMILES string of the molecule is Cc1cccc(Nc2ncnc(Nc3ccc(C(C)C)cc3)c2[N+](=O)[O-])c1C. The Morgan fingerprint density at radius 3 is 2.21 bits per heavy atom. The minimum Gasteiger partial charge on any atom is -0.334 e. The number of aryl methyl sites for hydroxylation is 1. The van der Waals surface area contributed by atoms with Gasteiger partial charge in [-0.05, 0) is 54.7 Å². The molecule has 144 valence electrons. The molecule has 0 saturated carbocycles. The molecule has 2 aromatic carbocycles. The molecule has 1 aromatic heterocycles. The molecular formula is C21H23N5O2. The Labute approximate surface area is 164 Å². The number of nitrogens with zero attached hydrogens (tertiary/aromatic N) is 3. The van der Waals surface area contributed by atoms with E-state index < -0.39 is 4.92 Å². The Morgan fingerprint density at radius 2 is 1.61 bits per heavy atom. The Kier molecular flexibility index (Phi) is 5.54. The van der Waals surface area contributed by atoms with E-state index in [1.807, 2.05) is 56.3 Å². The number of anilines is 4. The van der Waals surface area contributed by atoms with E-state index in [1.165, 1.54) is 11.9 Å². The molecule has 0 amide bonds. The summed E-state index contributed by atoms with van der Waals surface area (Å²) >= 11 is 0. The molecule has 0 unspecified atom stereocenters. The summed E-state index contributed by atoms with van der Waals surface area (Å²) in [7, 11) is 0. The molecule has 0 aliphatic carbocycles. The Bertz CT molecular complexity index is 1000. The van der Waals surface area contributed by atoms with Crippen LogP contribution in [-0.2, 0) is 0 Å². The van der Waals surface area contributed by atoms with Crippen molar-refractivity contribution in [2.75, 3.05) is 10.6 Å². The lowest BCUT2D eigenvalue weighted by molar-refractivity contribution is -0.383. The molecule has 0 radical (unpaired) electrons. The highest BCUT2D eigenvalue weighted by atomic mass is 16.6. The maximum absolute atomic E-state index is 11.8. The number of nitro groups is 1. The maximum Gasteiger partial charge on any atom is 0.353 e. The second-order valence-electron chi connectivity index (χ2n) is 6.95. The summed E-state index contributed by atoms with van der Waals surface area (Å²) in [6.45, 7) is 8.18. The van der Waals surface area contributed by atoms with Gasteiger partial charge in [-0.3, -0.25) is 10.1 Å². The zero-order valence-electron chi connectivity index (χ0n) is 16.4. The molecule has 0 spiro atoms. The molecule has 0 aliphatic rings. The van der Waals surface area contributed by atoms with E-state index in [0.717, 1.165) is 22.5 Å². The van der Waals surface area contributed by atoms with Crippen LogP contribution >= 0.6 is 0 Å². The number of aromatic nitrogens is 2. The fourth-order valence-electron chi connectivity index (χ4n) is 2.84. The Morgan fingerprint density at radius 1 is 0.964 bits per heavy atom. The van der Waals surface area contributed by atoms with Gasteiger partial charge >= 0.3 is 5.69 Å². The third-order valence-corrected chi connectivity index (χ3v) is 4.70. The van der Waals surface area contributed by atoms with Gasteiger partial charge in [-0.25, -0.2) is 9.97 Å². The number of hydrogen-bond donors (Lipinski definition) is 2. The topological polar surface area (TPSA) is 93.0 Å². The van der Waals surface area contributed by atoms with Gasteiger partial charge in [0.05, 0.1) is 4.92 Å². The van der Waals surface area contributed by atoms with Gasteiger partial charge in [-0.1, -0.05) is 38.1 Å². The summed E-state index contributed by atoms with van der Waals surface area (Å²) in [5.74, 6) is 0.705.